The fourth-order valence-electron chi connectivity index (χ4n) is 2.13. The van der Waals surface area contributed by atoms with Crippen LogP contribution in [0.2, 0.25) is 0 Å². The first-order valence-corrected chi connectivity index (χ1v) is 6.82. The van der Waals surface area contributed by atoms with Crippen LogP contribution >= 0.6 is 0 Å². The van der Waals surface area contributed by atoms with Crippen LogP contribution in [0.1, 0.15) is 16.1 Å². The van der Waals surface area contributed by atoms with E-state index in [-0.39, 0.29) is 22.6 Å². The summed E-state index contributed by atoms with van der Waals surface area (Å²) in [5, 5.41) is 23.5. The molecule has 0 saturated carbocycles. The minimum atomic E-state index is -0.685. The summed E-state index contributed by atoms with van der Waals surface area (Å²) >= 11 is 0. The Hall–Kier alpha value is -3.28. The van der Waals surface area contributed by atoms with Gasteiger partial charge in [0.15, 0.2) is 17.3 Å². The van der Waals surface area contributed by atoms with E-state index >= 15 is 0 Å². The SMILES string of the molecule is Cc1cc(-c2c(C(=O)Oc3ccccc3)ccc(O)c2O)on1. The second-order valence-electron chi connectivity index (χ2n) is 4.89. The number of aromatic nitrogens is 1. The van der Waals surface area contributed by atoms with Crippen molar-refractivity contribution in [2.24, 2.45) is 0 Å². The molecule has 6 nitrogen and oxygen atoms in total. The third-order valence-corrected chi connectivity index (χ3v) is 3.20. The number of nitrogens with zero attached hydrogens (tertiary/aromatic N) is 1. The first kappa shape index (κ1) is 14.6. The molecule has 0 spiro atoms. The van der Waals surface area contributed by atoms with E-state index in [2.05, 4.69) is 5.16 Å². The molecule has 1 aromatic heterocycles. The highest BCUT2D eigenvalue weighted by atomic mass is 16.5. The van der Waals surface area contributed by atoms with Gasteiger partial charge in [-0.25, -0.2) is 4.79 Å². The standard InChI is InChI=1S/C17H13NO5/c1-10-9-14(23-18-10)15-12(7-8-13(19)16(15)20)17(21)22-11-5-3-2-4-6-11/h2-9,19-20H,1H3. The fraction of sp³-hybridized carbons (Fsp3) is 0.0588. The molecular weight excluding hydrogens is 298 g/mol. The number of phenolic OH excluding ortho intramolecular Hbond substituents is 2. The van der Waals surface area contributed by atoms with Crippen LogP contribution in [0.15, 0.2) is 53.1 Å². The van der Waals surface area contributed by atoms with Crippen molar-refractivity contribution in [1.29, 1.82) is 0 Å². The van der Waals surface area contributed by atoms with Gasteiger partial charge in [0.05, 0.1) is 16.8 Å². The summed E-state index contributed by atoms with van der Waals surface area (Å²) in [6, 6.07) is 12.7. The van der Waals surface area contributed by atoms with E-state index in [0.717, 1.165) is 0 Å². The summed E-state index contributed by atoms with van der Waals surface area (Å²) in [7, 11) is 0. The lowest BCUT2D eigenvalue weighted by molar-refractivity contribution is 0.0735. The van der Waals surface area contributed by atoms with Crippen molar-refractivity contribution in [1.82, 2.24) is 5.16 Å². The maximum atomic E-state index is 12.4. The molecule has 0 unspecified atom stereocenters. The number of ether oxygens (including phenoxy) is 1. The topological polar surface area (TPSA) is 92.8 Å². The van der Waals surface area contributed by atoms with Crippen molar-refractivity contribution in [3.8, 4) is 28.6 Å². The molecule has 6 heteroatoms. The monoisotopic (exact) mass is 311 g/mol. The van der Waals surface area contributed by atoms with Crippen LogP contribution in [0.5, 0.6) is 17.2 Å². The molecule has 0 aliphatic rings. The van der Waals surface area contributed by atoms with E-state index in [1.807, 2.05) is 0 Å². The Bertz CT molecular complexity index is 855. The molecular formula is C17H13NO5. The molecule has 0 atom stereocenters. The minimum Gasteiger partial charge on any atom is -0.504 e. The summed E-state index contributed by atoms with van der Waals surface area (Å²) in [6.07, 6.45) is 0. The Labute approximate surface area is 131 Å². The molecule has 3 aromatic rings. The molecule has 0 radical (unpaired) electrons. The van der Waals surface area contributed by atoms with Gasteiger partial charge < -0.3 is 19.5 Å². The lowest BCUT2D eigenvalue weighted by atomic mass is 10.0. The van der Waals surface area contributed by atoms with E-state index in [0.29, 0.717) is 11.4 Å². The Balaban J connectivity index is 2.05. The number of rotatable bonds is 3. The third kappa shape index (κ3) is 2.87. The molecule has 0 saturated heterocycles. The van der Waals surface area contributed by atoms with Crippen molar-refractivity contribution in [3.05, 3.63) is 59.8 Å². The first-order chi connectivity index (χ1) is 11.1. The summed E-state index contributed by atoms with van der Waals surface area (Å²) < 4.78 is 10.4. The second-order valence-corrected chi connectivity index (χ2v) is 4.89. The van der Waals surface area contributed by atoms with Crippen LogP contribution in [0, 0.1) is 6.92 Å². The number of benzene rings is 2. The maximum absolute atomic E-state index is 12.4. The van der Waals surface area contributed by atoms with Gasteiger partial charge in [0, 0.05) is 6.07 Å². The van der Waals surface area contributed by atoms with E-state index in [4.69, 9.17) is 9.26 Å². The number of phenols is 2. The highest BCUT2D eigenvalue weighted by Crippen LogP contribution is 2.39. The van der Waals surface area contributed by atoms with Crippen molar-refractivity contribution in [2.75, 3.05) is 0 Å². The van der Waals surface area contributed by atoms with E-state index < -0.39 is 11.7 Å². The summed E-state index contributed by atoms with van der Waals surface area (Å²) in [5.41, 5.74) is 0.664. The third-order valence-electron chi connectivity index (χ3n) is 3.20. The zero-order chi connectivity index (χ0) is 16.4. The normalized spacial score (nSPS) is 10.5. The van der Waals surface area contributed by atoms with Crippen LogP contribution in [0.25, 0.3) is 11.3 Å². The number of hydrogen-bond donors (Lipinski definition) is 2. The van der Waals surface area contributed by atoms with Crippen LogP contribution < -0.4 is 4.74 Å². The molecule has 0 fully saturated rings. The van der Waals surface area contributed by atoms with Gasteiger partial charge in [-0.2, -0.15) is 0 Å². The molecule has 0 amide bonds. The number of carbonyl (C=O) groups excluding carboxylic acids is 1. The lowest BCUT2D eigenvalue weighted by Crippen LogP contribution is -2.10. The van der Waals surface area contributed by atoms with Crippen LogP contribution in [0.4, 0.5) is 0 Å². The number of esters is 1. The Morgan fingerprint density at radius 1 is 1.13 bits per heavy atom. The van der Waals surface area contributed by atoms with Gasteiger partial charge in [0.1, 0.15) is 5.75 Å². The number of aromatic hydroxyl groups is 2. The average molecular weight is 311 g/mol. The Morgan fingerprint density at radius 3 is 2.52 bits per heavy atom. The lowest BCUT2D eigenvalue weighted by Gasteiger charge is -2.10. The van der Waals surface area contributed by atoms with Crippen molar-refractivity contribution in [3.63, 3.8) is 0 Å². The van der Waals surface area contributed by atoms with Crippen molar-refractivity contribution in [2.45, 2.75) is 6.92 Å². The molecule has 23 heavy (non-hydrogen) atoms. The maximum Gasteiger partial charge on any atom is 0.344 e. The molecule has 3 rings (SSSR count). The van der Waals surface area contributed by atoms with Gasteiger partial charge in [-0.05, 0) is 31.2 Å². The number of hydrogen-bond acceptors (Lipinski definition) is 6. The molecule has 0 aliphatic carbocycles. The molecule has 116 valence electrons. The van der Waals surface area contributed by atoms with Gasteiger partial charge in [-0.3, -0.25) is 0 Å². The van der Waals surface area contributed by atoms with Crippen LogP contribution in [0.3, 0.4) is 0 Å². The van der Waals surface area contributed by atoms with Gasteiger partial charge in [-0.1, -0.05) is 23.4 Å². The fourth-order valence-corrected chi connectivity index (χ4v) is 2.13. The molecule has 0 bridgehead atoms. The average Bonchev–Trinajstić information content (AvgIpc) is 2.96. The van der Waals surface area contributed by atoms with Gasteiger partial charge in [0.25, 0.3) is 0 Å². The summed E-state index contributed by atoms with van der Waals surface area (Å²) in [4.78, 5) is 12.4. The van der Waals surface area contributed by atoms with Gasteiger partial charge in [-0.15, -0.1) is 0 Å². The van der Waals surface area contributed by atoms with Crippen molar-refractivity contribution >= 4 is 5.97 Å². The summed E-state index contributed by atoms with van der Waals surface area (Å²) in [5.74, 6) is -0.995. The van der Waals surface area contributed by atoms with E-state index in [1.165, 1.54) is 12.1 Å². The zero-order valence-corrected chi connectivity index (χ0v) is 12.2. The quantitative estimate of drug-likeness (QED) is 0.438. The molecule has 1 heterocycles. The number of carbonyl (C=O) groups is 1. The Kier molecular flexibility index (Phi) is 3.72. The Morgan fingerprint density at radius 2 is 1.87 bits per heavy atom. The predicted octanol–water partition coefficient (Wildman–Crippen LogP) is 3.28. The first-order valence-electron chi connectivity index (χ1n) is 6.82. The molecule has 0 aliphatic heterocycles. The van der Waals surface area contributed by atoms with Gasteiger partial charge in [0.2, 0.25) is 0 Å². The zero-order valence-electron chi connectivity index (χ0n) is 12.2. The highest BCUT2D eigenvalue weighted by molar-refractivity contribution is 6.00. The van der Waals surface area contributed by atoms with E-state index in [1.54, 1.807) is 43.3 Å². The minimum absolute atomic E-state index is 0.0338. The van der Waals surface area contributed by atoms with Crippen molar-refractivity contribution < 1.29 is 24.3 Å². The largest absolute Gasteiger partial charge is 0.504 e. The summed E-state index contributed by atoms with van der Waals surface area (Å²) in [6.45, 7) is 1.70. The number of aryl methyl sites for hydroxylation is 1. The van der Waals surface area contributed by atoms with E-state index in [9.17, 15) is 15.0 Å². The predicted molar refractivity (Wildman–Crippen MR) is 81.4 cm³/mol. The smallest absolute Gasteiger partial charge is 0.344 e. The number of para-hydroxylation sites is 1. The van der Waals surface area contributed by atoms with Gasteiger partial charge >= 0.3 is 5.97 Å². The highest BCUT2D eigenvalue weighted by Gasteiger charge is 2.23. The molecule has 2 aromatic carbocycles. The second kappa shape index (κ2) is 5.84. The molecule has 2 N–H and O–H groups in total. The van der Waals surface area contributed by atoms with Crippen LogP contribution in [-0.2, 0) is 0 Å². The van der Waals surface area contributed by atoms with Crippen LogP contribution in [-0.4, -0.2) is 21.3 Å².